The fourth-order valence-corrected chi connectivity index (χ4v) is 5.78. The first-order valence-electron chi connectivity index (χ1n) is 10.3. The monoisotopic (exact) mass is 445 g/mol. The summed E-state index contributed by atoms with van der Waals surface area (Å²) in [6, 6.07) is 22.4. The number of rotatable bonds is 4. The molecule has 162 valence electrons. The van der Waals surface area contributed by atoms with Crippen LogP contribution in [0.3, 0.4) is 0 Å². The first-order chi connectivity index (χ1) is 15.5. The third kappa shape index (κ3) is 3.58. The Morgan fingerprint density at radius 3 is 2.50 bits per heavy atom. The first-order valence-corrected chi connectivity index (χ1v) is 11.8. The molecule has 0 unspecified atom stereocenters. The molecule has 3 N–H and O–H groups in total. The molecule has 1 aliphatic heterocycles. The van der Waals surface area contributed by atoms with Crippen molar-refractivity contribution in [2.24, 2.45) is 0 Å². The predicted molar refractivity (Wildman–Crippen MR) is 127 cm³/mol. The van der Waals surface area contributed by atoms with E-state index in [9.17, 15) is 8.42 Å². The van der Waals surface area contributed by atoms with Crippen molar-refractivity contribution in [1.82, 2.24) is 9.97 Å². The van der Waals surface area contributed by atoms with Gasteiger partial charge in [0.1, 0.15) is 4.90 Å². The molecular weight excluding hydrogens is 422 g/mol. The molecule has 1 aromatic heterocycles. The standard InChI is InChI=1S/C24H23N5O2S/c25-19-10-11-24-23(14-19)28(16-20-15-26-17-27-20)12-13-29(32(24,30)31)22-9-5-4-8-21(22)18-6-2-1-3-7-18/h1-11,14-15,17H,12-13,16,25H2,(H,26,27). The SMILES string of the molecule is Nc1ccc2c(c1)N(Cc1cnc[nH]1)CCN(c1ccccc1-c1ccccc1)S2(=O)=O. The number of hydrogen-bond acceptors (Lipinski definition) is 5. The highest BCUT2D eigenvalue weighted by Gasteiger charge is 2.34. The van der Waals surface area contributed by atoms with Crippen LogP contribution in [0.15, 0.2) is 90.2 Å². The molecule has 4 aromatic rings. The molecule has 0 fully saturated rings. The van der Waals surface area contributed by atoms with Crippen molar-refractivity contribution in [1.29, 1.82) is 0 Å². The van der Waals surface area contributed by atoms with Crippen molar-refractivity contribution in [2.45, 2.75) is 11.4 Å². The zero-order chi connectivity index (χ0) is 22.1. The van der Waals surface area contributed by atoms with E-state index >= 15 is 0 Å². The second-order valence-corrected chi connectivity index (χ2v) is 9.52. The number of fused-ring (bicyclic) bond motifs is 1. The van der Waals surface area contributed by atoms with Crippen LogP contribution < -0.4 is 14.9 Å². The van der Waals surface area contributed by atoms with Gasteiger partial charge in [-0.3, -0.25) is 4.31 Å². The van der Waals surface area contributed by atoms with Gasteiger partial charge in [0.25, 0.3) is 10.0 Å². The molecule has 0 aliphatic carbocycles. The Labute approximate surface area is 187 Å². The molecule has 0 bridgehead atoms. The first kappa shape index (κ1) is 20.1. The lowest BCUT2D eigenvalue weighted by atomic mass is 10.0. The van der Waals surface area contributed by atoms with E-state index in [1.54, 1.807) is 30.7 Å². The molecule has 5 rings (SSSR count). The summed E-state index contributed by atoms with van der Waals surface area (Å²) in [5.74, 6) is 0. The number of imidazole rings is 1. The van der Waals surface area contributed by atoms with Crippen molar-refractivity contribution in [3.05, 3.63) is 91.0 Å². The number of nitrogens with one attached hydrogen (secondary N) is 1. The number of nitrogens with zero attached hydrogens (tertiary/aromatic N) is 3. The lowest BCUT2D eigenvalue weighted by Crippen LogP contribution is -2.35. The Morgan fingerprint density at radius 2 is 1.72 bits per heavy atom. The van der Waals surface area contributed by atoms with Crippen LogP contribution in [-0.4, -0.2) is 31.5 Å². The van der Waals surface area contributed by atoms with Gasteiger partial charge in [0.2, 0.25) is 0 Å². The summed E-state index contributed by atoms with van der Waals surface area (Å²) in [7, 11) is -3.82. The van der Waals surface area contributed by atoms with Gasteiger partial charge in [-0.25, -0.2) is 13.4 Å². The van der Waals surface area contributed by atoms with Crippen molar-refractivity contribution < 1.29 is 8.42 Å². The van der Waals surface area contributed by atoms with E-state index in [4.69, 9.17) is 5.73 Å². The molecule has 0 saturated heterocycles. The fraction of sp³-hybridized carbons (Fsp3) is 0.125. The molecule has 0 spiro atoms. The van der Waals surface area contributed by atoms with Gasteiger partial charge >= 0.3 is 0 Å². The number of nitrogen functional groups attached to an aromatic ring is 1. The summed E-state index contributed by atoms with van der Waals surface area (Å²) >= 11 is 0. The number of benzene rings is 3. The van der Waals surface area contributed by atoms with E-state index < -0.39 is 10.0 Å². The van der Waals surface area contributed by atoms with Crippen LogP contribution in [0.2, 0.25) is 0 Å². The average Bonchev–Trinajstić information content (AvgIpc) is 3.29. The number of hydrogen-bond donors (Lipinski definition) is 2. The maximum atomic E-state index is 13.9. The third-order valence-electron chi connectivity index (χ3n) is 5.64. The molecule has 0 atom stereocenters. The molecule has 0 saturated carbocycles. The normalized spacial score (nSPS) is 15.2. The fourth-order valence-electron chi connectivity index (χ4n) is 4.11. The highest BCUT2D eigenvalue weighted by atomic mass is 32.2. The zero-order valence-corrected chi connectivity index (χ0v) is 18.2. The summed E-state index contributed by atoms with van der Waals surface area (Å²) in [6.45, 7) is 1.30. The molecule has 7 nitrogen and oxygen atoms in total. The molecule has 32 heavy (non-hydrogen) atoms. The predicted octanol–water partition coefficient (Wildman–Crippen LogP) is 3.87. The number of anilines is 3. The van der Waals surface area contributed by atoms with Crippen LogP contribution in [0.4, 0.5) is 17.1 Å². The summed E-state index contributed by atoms with van der Waals surface area (Å²) < 4.78 is 29.3. The lowest BCUT2D eigenvalue weighted by Gasteiger charge is -2.25. The van der Waals surface area contributed by atoms with Gasteiger partial charge in [0, 0.05) is 24.0 Å². The quantitative estimate of drug-likeness (QED) is 0.465. The Balaban J connectivity index is 1.64. The van der Waals surface area contributed by atoms with Gasteiger partial charge in [-0.2, -0.15) is 0 Å². The van der Waals surface area contributed by atoms with E-state index in [0.717, 1.165) is 16.8 Å². The van der Waals surface area contributed by atoms with Crippen LogP contribution in [0.1, 0.15) is 5.69 Å². The second kappa shape index (κ2) is 8.05. The maximum Gasteiger partial charge on any atom is 0.266 e. The van der Waals surface area contributed by atoms with Crippen LogP contribution in [0, 0.1) is 0 Å². The summed E-state index contributed by atoms with van der Waals surface area (Å²) in [4.78, 5) is 9.45. The smallest absolute Gasteiger partial charge is 0.266 e. The van der Waals surface area contributed by atoms with E-state index in [-0.39, 0.29) is 4.90 Å². The van der Waals surface area contributed by atoms with Crippen molar-refractivity contribution in [2.75, 3.05) is 28.0 Å². The Morgan fingerprint density at radius 1 is 0.938 bits per heavy atom. The lowest BCUT2D eigenvalue weighted by molar-refractivity contribution is 0.593. The zero-order valence-electron chi connectivity index (χ0n) is 17.3. The van der Waals surface area contributed by atoms with Gasteiger partial charge < -0.3 is 15.6 Å². The average molecular weight is 446 g/mol. The van der Waals surface area contributed by atoms with Crippen molar-refractivity contribution in [3.63, 3.8) is 0 Å². The maximum absolute atomic E-state index is 13.9. The number of aromatic amines is 1. The Hall–Kier alpha value is -3.78. The number of H-pyrrole nitrogens is 1. The molecule has 1 aliphatic rings. The molecule has 0 radical (unpaired) electrons. The largest absolute Gasteiger partial charge is 0.399 e. The van der Waals surface area contributed by atoms with Crippen LogP contribution in [0.25, 0.3) is 11.1 Å². The molecule has 8 heteroatoms. The van der Waals surface area contributed by atoms with E-state index in [2.05, 4.69) is 9.97 Å². The summed E-state index contributed by atoms with van der Waals surface area (Å²) in [5, 5.41) is 0. The molecule has 3 aromatic carbocycles. The highest BCUT2D eigenvalue weighted by Crippen LogP contribution is 2.39. The number of aromatic nitrogens is 2. The third-order valence-corrected chi connectivity index (χ3v) is 7.50. The topological polar surface area (TPSA) is 95.3 Å². The summed E-state index contributed by atoms with van der Waals surface area (Å²) in [6.07, 6.45) is 3.36. The van der Waals surface area contributed by atoms with Gasteiger partial charge in [-0.15, -0.1) is 0 Å². The second-order valence-electron chi connectivity index (χ2n) is 7.69. The molecule has 2 heterocycles. The van der Waals surface area contributed by atoms with Gasteiger partial charge in [-0.1, -0.05) is 48.5 Å². The van der Waals surface area contributed by atoms with Gasteiger partial charge in [-0.05, 0) is 29.8 Å². The van der Waals surface area contributed by atoms with Crippen molar-refractivity contribution in [3.8, 4) is 11.1 Å². The van der Waals surface area contributed by atoms with E-state index in [1.165, 1.54) is 4.31 Å². The van der Waals surface area contributed by atoms with E-state index in [1.807, 2.05) is 59.5 Å². The minimum absolute atomic E-state index is 0.242. The minimum atomic E-state index is -3.82. The Bertz CT molecular complexity index is 1340. The number of nitrogens with two attached hydrogens (primary N) is 1. The van der Waals surface area contributed by atoms with Gasteiger partial charge in [0.05, 0.1) is 36.5 Å². The molecule has 0 amide bonds. The van der Waals surface area contributed by atoms with Crippen LogP contribution >= 0.6 is 0 Å². The van der Waals surface area contributed by atoms with E-state index in [0.29, 0.717) is 36.7 Å². The molecular formula is C24H23N5O2S. The van der Waals surface area contributed by atoms with Crippen molar-refractivity contribution >= 4 is 27.1 Å². The summed E-state index contributed by atoms with van der Waals surface area (Å²) in [5.41, 5.74) is 10.6. The van der Waals surface area contributed by atoms with Crippen LogP contribution in [-0.2, 0) is 16.6 Å². The minimum Gasteiger partial charge on any atom is -0.399 e. The van der Waals surface area contributed by atoms with Gasteiger partial charge in [0.15, 0.2) is 0 Å². The Kier molecular flexibility index (Phi) is 5.07. The highest BCUT2D eigenvalue weighted by molar-refractivity contribution is 7.93. The number of para-hydroxylation sites is 1. The van der Waals surface area contributed by atoms with Crippen LogP contribution in [0.5, 0.6) is 0 Å². The number of sulfonamides is 1.